The van der Waals surface area contributed by atoms with Crippen molar-refractivity contribution in [3.05, 3.63) is 41.5 Å². The lowest BCUT2D eigenvalue weighted by atomic mass is 10.1. The molecule has 31 nitrogen and oxygen atoms in total. The summed E-state index contributed by atoms with van der Waals surface area (Å²) in [5.74, 6) is -1.80. The van der Waals surface area contributed by atoms with Crippen molar-refractivity contribution in [3.8, 4) is 0 Å². The maximum atomic E-state index is 13.9. The standard InChI is InChI=1S/C40H54N12O19P2/c1-72(60)67-18-23-33(31(58)39(69-23)52-21-46-29-36(52)48-40(41)49-37(29)59)71-73(2,61)66-17-22-32(70-72)30(57)38(68-22)51-20-45-28-34(43-19-44-35(28)51)47-25(54)6-9-62-11-13-64-15-16-65-14-12-63-10-7-42-24(53)5-8-50-26(55)3-4-27(50)56/h3-4,19-23,30-33,38-39,57-58H,5-18H2,1-2H3,(H,42,53)(H3,41,48,49,59)(H,43,44,47,54)/t22-,23-,30?,31+,32+,33?,38-,39-,72?,73?/m1/s1. The van der Waals surface area contributed by atoms with Crippen molar-refractivity contribution in [1.29, 1.82) is 0 Å². The van der Waals surface area contributed by atoms with Crippen LogP contribution in [0, 0.1) is 0 Å². The molecule has 7 N–H and O–H groups in total. The van der Waals surface area contributed by atoms with E-state index in [0.29, 0.717) is 26.4 Å². The van der Waals surface area contributed by atoms with Gasteiger partial charge in [-0.25, -0.2) is 19.9 Å². The number of hydrogen-bond acceptors (Lipinski definition) is 25. The van der Waals surface area contributed by atoms with Crippen LogP contribution in [0.25, 0.3) is 22.3 Å². The van der Waals surface area contributed by atoms with Crippen molar-refractivity contribution in [2.45, 2.75) is 61.9 Å². The number of aromatic amines is 1. The van der Waals surface area contributed by atoms with Gasteiger partial charge in [0.1, 0.15) is 43.0 Å². The first kappa shape index (κ1) is 53.8. The second kappa shape index (κ2) is 23.8. The molecule has 4 aromatic heterocycles. The summed E-state index contributed by atoms with van der Waals surface area (Å²) in [5, 5.41) is 28.4. The average molecular weight is 1070 g/mol. The van der Waals surface area contributed by atoms with Crippen LogP contribution in [-0.4, -0.2) is 207 Å². The van der Waals surface area contributed by atoms with Crippen molar-refractivity contribution in [1.82, 2.24) is 49.3 Å². The Balaban J connectivity index is 0.752. The zero-order valence-corrected chi connectivity index (χ0v) is 41.1. The van der Waals surface area contributed by atoms with Crippen LogP contribution in [0.1, 0.15) is 25.3 Å². The minimum Gasteiger partial charge on any atom is -0.386 e. The molecular formula is C40H54N12O19P2. The summed E-state index contributed by atoms with van der Waals surface area (Å²) in [6, 6.07) is 0. The van der Waals surface area contributed by atoms with E-state index in [1.54, 1.807) is 0 Å². The van der Waals surface area contributed by atoms with Crippen LogP contribution in [0.2, 0.25) is 0 Å². The number of aromatic nitrogens is 8. The molecule has 33 heteroatoms. The average Bonchev–Trinajstić information content (AvgIpc) is 4.16. The molecule has 4 unspecified atom stereocenters. The van der Waals surface area contributed by atoms with E-state index < -0.39 is 101 Å². The highest BCUT2D eigenvalue weighted by Gasteiger charge is 2.53. The third-order valence-corrected chi connectivity index (χ3v) is 13.9. The number of imide groups is 1. The van der Waals surface area contributed by atoms with Crippen molar-refractivity contribution in [2.24, 2.45) is 0 Å². The maximum absolute atomic E-state index is 13.9. The lowest BCUT2D eigenvalue weighted by molar-refractivity contribution is -0.137. The van der Waals surface area contributed by atoms with E-state index in [4.69, 9.17) is 52.2 Å². The summed E-state index contributed by atoms with van der Waals surface area (Å²) in [6.07, 6.45) is -5.14. The Labute approximate surface area is 413 Å². The molecule has 8 rings (SSSR count). The number of nitrogens with two attached hydrogens (primary N) is 1. The largest absolute Gasteiger partial charge is 0.386 e. The number of nitrogens with zero attached hydrogens (tertiary/aromatic N) is 8. The van der Waals surface area contributed by atoms with Gasteiger partial charge in [0.2, 0.25) is 17.8 Å². The smallest absolute Gasteiger partial charge is 0.328 e. The number of nitrogen functional groups attached to an aromatic ring is 1. The van der Waals surface area contributed by atoms with E-state index in [-0.39, 0.29) is 92.4 Å². The fourth-order valence-electron chi connectivity index (χ4n) is 7.94. The van der Waals surface area contributed by atoms with Crippen LogP contribution < -0.4 is 21.9 Å². The van der Waals surface area contributed by atoms with Crippen molar-refractivity contribution in [3.63, 3.8) is 0 Å². The molecule has 73 heavy (non-hydrogen) atoms. The number of fused-ring (bicyclic) bond motifs is 4. The second-order valence-corrected chi connectivity index (χ2v) is 20.7. The van der Waals surface area contributed by atoms with Gasteiger partial charge in [0, 0.05) is 45.0 Å². The first-order valence-electron chi connectivity index (χ1n) is 22.8. The Morgan fingerprint density at radius 1 is 0.740 bits per heavy atom. The molecule has 4 amide bonds. The third-order valence-electron chi connectivity index (χ3n) is 11.4. The van der Waals surface area contributed by atoms with Gasteiger partial charge in [-0.2, -0.15) is 4.98 Å². The molecule has 4 aliphatic rings. The lowest BCUT2D eigenvalue weighted by Gasteiger charge is -2.29. The molecule has 0 spiro atoms. The molecule has 4 aromatic rings. The predicted molar refractivity (Wildman–Crippen MR) is 246 cm³/mol. The van der Waals surface area contributed by atoms with Crippen molar-refractivity contribution in [2.75, 3.05) is 104 Å². The fraction of sp³-hybridized carbons (Fsp3) is 0.600. The van der Waals surface area contributed by atoms with Crippen molar-refractivity contribution < 1.29 is 85.0 Å². The number of amides is 4. The van der Waals surface area contributed by atoms with Gasteiger partial charge in [-0.1, -0.05) is 0 Å². The SMILES string of the molecule is CP1(=O)OC[C@H]2O[C@@H](n3cnc4c(NC(=O)CCOCCOCCOCCOCCNC(=O)CCN5C(=O)C=CC5=O)ncnc43)C(O)[C@H]2OP(C)(=O)OC[C@H]2O[C@@H](n3cnc4c(=O)[nH]c(N)nc43)[C@@H](O)C2O1. The number of H-pyrrole nitrogens is 1. The Hall–Kier alpha value is -5.50. The minimum atomic E-state index is -4.11. The van der Waals surface area contributed by atoms with E-state index >= 15 is 0 Å². The molecule has 10 atom stereocenters. The summed E-state index contributed by atoms with van der Waals surface area (Å²) in [4.78, 5) is 84.5. The van der Waals surface area contributed by atoms with E-state index in [1.807, 2.05) is 0 Å². The second-order valence-electron chi connectivity index (χ2n) is 16.7. The summed E-state index contributed by atoms with van der Waals surface area (Å²) in [5.41, 5.74) is 5.25. The third kappa shape index (κ3) is 13.2. The molecule has 0 saturated carbocycles. The minimum absolute atomic E-state index is 0.00133. The van der Waals surface area contributed by atoms with E-state index in [2.05, 4.69) is 40.5 Å². The van der Waals surface area contributed by atoms with Crippen LogP contribution in [0.5, 0.6) is 0 Å². The van der Waals surface area contributed by atoms with Gasteiger partial charge in [0.25, 0.3) is 17.4 Å². The van der Waals surface area contributed by atoms with Crippen LogP contribution in [-0.2, 0) is 74.8 Å². The number of imidazole rings is 2. The summed E-state index contributed by atoms with van der Waals surface area (Å²) >= 11 is 0. The van der Waals surface area contributed by atoms with Gasteiger partial charge >= 0.3 is 15.2 Å². The number of ether oxygens (including phenoxy) is 6. The van der Waals surface area contributed by atoms with Gasteiger partial charge < -0.3 is 64.0 Å². The molecule has 398 valence electrons. The van der Waals surface area contributed by atoms with Gasteiger partial charge in [0.05, 0.1) is 85.1 Å². The number of hydrogen-bond donors (Lipinski definition) is 6. The van der Waals surface area contributed by atoms with Crippen LogP contribution in [0.15, 0.2) is 35.9 Å². The summed E-state index contributed by atoms with van der Waals surface area (Å²) in [6.45, 7) is 3.47. The molecule has 4 aliphatic heterocycles. The highest BCUT2D eigenvalue weighted by Crippen LogP contribution is 2.54. The topological polar surface area (TPSA) is 396 Å². The fourth-order valence-corrected chi connectivity index (χ4v) is 10.3. The Kier molecular flexibility index (Phi) is 17.5. The number of nitrogens with one attached hydrogen (secondary N) is 3. The van der Waals surface area contributed by atoms with Gasteiger partial charge in [-0.3, -0.25) is 61.2 Å². The number of carbonyl (C=O) groups excluding carboxylic acids is 4. The number of rotatable bonds is 21. The van der Waals surface area contributed by atoms with Gasteiger partial charge in [0.15, 0.2) is 40.6 Å². The first-order valence-corrected chi connectivity index (χ1v) is 26.8. The zero-order valence-electron chi connectivity index (χ0n) is 39.3. The molecular weight excluding hydrogens is 1010 g/mol. The molecule has 0 aliphatic carbocycles. The van der Waals surface area contributed by atoms with Gasteiger partial charge in [-0.05, 0) is 0 Å². The molecule has 0 bridgehead atoms. The first-order chi connectivity index (χ1) is 35.0. The summed E-state index contributed by atoms with van der Waals surface area (Å²) < 4.78 is 87.6. The van der Waals surface area contributed by atoms with Crippen LogP contribution in [0.3, 0.4) is 0 Å². The van der Waals surface area contributed by atoms with E-state index in [1.165, 1.54) is 28.1 Å². The monoisotopic (exact) mass is 1070 g/mol. The van der Waals surface area contributed by atoms with E-state index in [0.717, 1.165) is 30.4 Å². The molecule has 0 aromatic carbocycles. The maximum Gasteiger partial charge on any atom is 0.328 e. The molecule has 8 heterocycles. The van der Waals surface area contributed by atoms with E-state index in [9.17, 15) is 43.3 Å². The van der Waals surface area contributed by atoms with Crippen LogP contribution in [0.4, 0.5) is 11.8 Å². The predicted octanol–water partition coefficient (Wildman–Crippen LogP) is -1.65. The number of aliphatic hydroxyl groups is 2. The molecule has 3 fully saturated rings. The molecule has 0 radical (unpaired) electrons. The lowest BCUT2D eigenvalue weighted by Crippen LogP contribution is -2.39. The number of aliphatic hydroxyl groups excluding tert-OH is 2. The normalized spacial score (nSPS) is 28.6. The summed E-state index contributed by atoms with van der Waals surface area (Å²) in [7, 11) is -8.21. The van der Waals surface area contributed by atoms with Crippen molar-refractivity contribution >= 4 is 72.9 Å². The van der Waals surface area contributed by atoms with Gasteiger partial charge in [-0.15, -0.1) is 0 Å². The zero-order chi connectivity index (χ0) is 51.9. The highest BCUT2D eigenvalue weighted by atomic mass is 31.2. The Morgan fingerprint density at radius 2 is 1.27 bits per heavy atom. The highest BCUT2D eigenvalue weighted by molar-refractivity contribution is 7.53. The quantitative estimate of drug-likeness (QED) is 0.0309. The van der Waals surface area contributed by atoms with Crippen LogP contribution >= 0.6 is 15.2 Å². The number of carbonyl (C=O) groups is 4. The number of anilines is 2. The molecule has 3 saturated heterocycles. The Morgan fingerprint density at radius 3 is 1.86 bits per heavy atom. The Bertz CT molecular complexity index is 2810.